The van der Waals surface area contributed by atoms with E-state index in [4.69, 9.17) is 68.7 Å². The summed E-state index contributed by atoms with van der Waals surface area (Å²) in [6.07, 6.45) is -0.684. The molecule has 0 radical (unpaired) electrons. The third-order valence-electron chi connectivity index (χ3n) is 7.96. The fourth-order valence-electron chi connectivity index (χ4n) is 4.92. The van der Waals surface area contributed by atoms with Crippen LogP contribution in [-0.2, 0) is 61.7 Å². The molecule has 0 aromatic heterocycles. The van der Waals surface area contributed by atoms with Gasteiger partial charge in [-0.3, -0.25) is 9.59 Å². The van der Waals surface area contributed by atoms with Gasteiger partial charge in [0.1, 0.15) is 5.78 Å². The number of azide groups is 3. The fraction of sp³-hybridized carbons (Fsp3) is 0.784. The Morgan fingerprint density at radius 3 is 1.06 bits per heavy atom. The normalized spacial score (nSPS) is 12.0. The molecule has 0 saturated carbocycles. The van der Waals surface area contributed by atoms with Crippen molar-refractivity contribution in [3.63, 3.8) is 0 Å². The molecule has 0 aliphatic rings. The molecule has 0 aliphatic carbocycles. The van der Waals surface area contributed by atoms with Gasteiger partial charge < -0.3 is 56.8 Å². The average molecular weight is 946 g/mol. The van der Waals surface area contributed by atoms with E-state index in [1.54, 1.807) is 0 Å². The van der Waals surface area contributed by atoms with Crippen LogP contribution in [0.1, 0.15) is 19.3 Å². The van der Waals surface area contributed by atoms with E-state index in [1.165, 1.54) is 0 Å². The highest BCUT2D eigenvalue weighted by molar-refractivity contribution is 5.79. The summed E-state index contributed by atoms with van der Waals surface area (Å²) in [6, 6.07) is 0. The lowest BCUT2D eigenvalue weighted by Crippen LogP contribution is -2.40. The third kappa shape index (κ3) is 29.6. The maximum atomic E-state index is 13.8. The van der Waals surface area contributed by atoms with Gasteiger partial charge in [0.2, 0.25) is 34.8 Å². The quantitative estimate of drug-likeness (QED) is 0.00943. The average Bonchev–Trinajstić information content (AvgIpc) is 3.30. The second kappa shape index (κ2) is 39.8. The van der Waals surface area contributed by atoms with Crippen LogP contribution in [0.5, 0.6) is 5.75 Å². The molecule has 0 saturated heterocycles. The van der Waals surface area contributed by atoms with E-state index in [0.717, 1.165) is 0 Å². The topological polar surface area (TPSA) is 291 Å². The number of Topliss-reactive ketones (excluding diaryl/α,β-unsaturated/α-hetero) is 1. The number of rotatable bonds is 45. The Kier molecular flexibility index (Phi) is 35.9. The zero-order valence-corrected chi connectivity index (χ0v) is 35.9. The first-order chi connectivity index (χ1) is 31.6. The number of esters is 1. The summed E-state index contributed by atoms with van der Waals surface area (Å²) in [5.41, 5.74) is 24.0. The van der Waals surface area contributed by atoms with E-state index in [2.05, 4.69) is 34.8 Å². The van der Waals surface area contributed by atoms with Crippen molar-refractivity contribution < 1.29 is 88.4 Å². The first-order valence-electron chi connectivity index (χ1n) is 20.2. The van der Waals surface area contributed by atoms with Gasteiger partial charge in [0.15, 0.2) is 0 Å². The number of ketones is 1. The second-order valence-corrected chi connectivity index (χ2v) is 13.0. The zero-order valence-electron chi connectivity index (χ0n) is 35.9. The molecule has 0 spiro atoms. The molecule has 28 heteroatoms. The van der Waals surface area contributed by atoms with E-state index in [1.807, 2.05) is 0 Å². The van der Waals surface area contributed by atoms with Gasteiger partial charge in [-0.05, 0) is 16.6 Å². The van der Waals surface area contributed by atoms with Crippen LogP contribution < -0.4 is 4.74 Å². The van der Waals surface area contributed by atoms with E-state index in [0.29, 0.717) is 0 Å². The number of nitrogens with zero attached hydrogens (tertiary/aromatic N) is 9. The molecule has 0 N–H and O–H groups in total. The molecule has 1 aromatic rings. The minimum atomic E-state index is -2.39. The van der Waals surface area contributed by atoms with Gasteiger partial charge in [-0.15, -0.1) is 0 Å². The molecule has 368 valence electrons. The van der Waals surface area contributed by atoms with E-state index < -0.39 is 52.6 Å². The minimum Gasteiger partial charge on any atom is -0.420 e. The fourth-order valence-corrected chi connectivity index (χ4v) is 4.92. The summed E-state index contributed by atoms with van der Waals surface area (Å²) < 4.78 is 133. The molecule has 1 rings (SSSR count). The molecule has 0 amide bonds. The van der Waals surface area contributed by atoms with Crippen LogP contribution in [-0.4, -0.2) is 177 Å². The minimum absolute atomic E-state index is 0.0198. The number of halogens is 5. The van der Waals surface area contributed by atoms with Crippen molar-refractivity contribution >= 4 is 11.8 Å². The van der Waals surface area contributed by atoms with Crippen LogP contribution in [0.15, 0.2) is 15.3 Å². The molecule has 0 unspecified atom stereocenters. The molecular formula is C37H56F5N9O14. The summed E-state index contributed by atoms with van der Waals surface area (Å²) in [6.45, 7) is 3.55. The van der Waals surface area contributed by atoms with Gasteiger partial charge in [0.25, 0.3) is 0 Å². The number of carbonyl (C=O) groups is 2. The van der Waals surface area contributed by atoms with Gasteiger partial charge in [0, 0.05) is 52.6 Å². The monoisotopic (exact) mass is 945 g/mol. The smallest absolute Gasteiger partial charge is 0.313 e. The molecule has 1 aromatic carbocycles. The highest BCUT2D eigenvalue weighted by atomic mass is 19.2. The van der Waals surface area contributed by atoms with Crippen LogP contribution >= 0.6 is 0 Å². The lowest BCUT2D eigenvalue weighted by molar-refractivity contribution is -0.136. The molecule has 0 aliphatic heterocycles. The zero-order chi connectivity index (χ0) is 47.6. The Hall–Kier alpha value is -4.50. The number of ether oxygens (including phenoxy) is 12. The molecule has 0 heterocycles. The molecular weight excluding hydrogens is 889 g/mol. The lowest BCUT2D eigenvalue weighted by Gasteiger charge is -2.33. The molecule has 0 atom stereocenters. The van der Waals surface area contributed by atoms with Gasteiger partial charge in [-0.25, -0.2) is 13.2 Å². The molecule has 0 bridgehead atoms. The Bertz CT molecular complexity index is 1510. The SMILES string of the molecule is [N-]=[N+]=NCCOCCOCCOCC(COCCOCCOCCN=[N+]=[N-])(COCCOCCOCCN=[N+]=[N-])CC(=O)CCOCCOCCC(=O)Oc1c(F)c(F)c(F)c(F)c1F. The number of benzene rings is 1. The van der Waals surface area contributed by atoms with Crippen molar-refractivity contribution in [3.05, 3.63) is 60.4 Å². The van der Waals surface area contributed by atoms with Gasteiger partial charge in [0.05, 0.1) is 152 Å². The van der Waals surface area contributed by atoms with Crippen LogP contribution in [0, 0.1) is 34.5 Å². The summed E-state index contributed by atoms with van der Waals surface area (Å²) in [5, 5.41) is 10.1. The van der Waals surface area contributed by atoms with Crippen LogP contribution in [0.3, 0.4) is 0 Å². The van der Waals surface area contributed by atoms with Crippen molar-refractivity contribution in [2.45, 2.75) is 19.3 Å². The first-order valence-corrected chi connectivity index (χ1v) is 20.2. The number of carbonyl (C=O) groups excluding carboxylic acids is 2. The maximum Gasteiger partial charge on any atom is 0.313 e. The predicted octanol–water partition coefficient (Wildman–Crippen LogP) is 5.13. The number of hydrogen-bond donors (Lipinski definition) is 0. The summed E-state index contributed by atoms with van der Waals surface area (Å²) in [4.78, 5) is 33.3. The van der Waals surface area contributed by atoms with E-state index in [-0.39, 0.29) is 184 Å². The summed E-state index contributed by atoms with van der Waals surface area (Å²) in [5.74, 6) is -14.8. The van der Waals surface area contributed by atoms with E-state index in [9.17, 15) is 31.5 Å². The Balaban J connectivity index is 2.74. The van der Waals surface area contributed by atoms with Crippen LogP contribution in [0.25, 0.3) is 31.3 Å². The van der Waals surface area contributed by atoms with Gasteiger partial charge >= 0.3 is 5.97 Å². The number of hydrogen-bond acceptors (Lipinski definition) is 17. The molecule has 0 fully saturated rings. The second-order valence-electron chi connectivity index (χ2n) is 13.0. The van der Waals surface area contributed by atoms with Crippen molar-refractivity contribution in [1.29, 1.82) is 0 Å². The van der Waals surface area contributed by atoms with Crippen LogP contribution in [0.2, 0.25) is 0 Å². The Morgan fingerprint density at radius 1 is 0.415 bits per heavy atom. The molecule has 23 nitrogen and oxygen atoms in total. The predicted molar refractivity (Wildman–Crippen MR) is 214 cm³/mol. The summed E-state index contributed by atoms with van der Waals surface area (Å²) >= 11 is 0. The van der Waals surface area contributed by atoms with Gasteiger partial charge in [-0.1, -0.05) is 15.3 Å². The van der Waals surface area contributed by atoms with Gasteiger partial charge in [-0.2, -0.15) is 8.78 Å². The Labute approximate surface area is 371 Å². The van der Waals surface area contributed by atoms with Crippen LogP contribution in [0.4, 0.5) is 22.0 Å². The van der Waals surface area contributed by atoms with Crippen molar-refractivity contribution in [2.24, 2.45) is 20.8 Å². The Morgan fingerprint density at radius 2 is 0.708 bits per heavy atom. The standard InChI is InChI=1S/C37H56F5N9O14/c38-31-32(39)34(41)36(35(42)33(31)40)65-30(53)2-7-55-12-11-54-6-1-29(52)25-37(26-62-22-19-59-16-13-56-8-3-46-49-43,27-63-23-20-60-17-14-57-9-4-47-50-44)28-64-24-21-61-18-15-58-10-5-48-51-45/h1-28H2. The highest BCUT2D eigenvalue weighted by Gasteiger charge is 2.34. The summed E-state index contributed by atoms with van der Waals surface area (Å²) in [7, 11) is 0. The largest absolute Gasteiger partial charge is 0.420 e. The van der Waals surface area contributed by atoms with E-state index >= 15 is 0 Å². The third-order valence-corrected chi connectivity index (χ3v) is 7.96. The van der Waals surface area contributed by atoms with Crippen molar-refractivity contribution in [2.75, 3.05) is 165 Å². The molecule has 65 heavy (non-hydrogen) atoms. The highest BCUT2D eigenvalue weighted by Crippen LogP contribution is 2.29. The lowest BCUT2D eigenvalue weighted by atomic mass is 9.84. The first kappa shape index (κ1) is 58.5. The van der Waals surface area contributed by atoms with Crippen molar-refractivity contribution in [3.8, 4) is 5.75 Å². The van der Waals surface area contributed by atoms with Crippen molar-refractivity contribution in [1.82, 2.24) is 0 Å². The maximum absolute atomic E-state index is 13.8.